The molecular formula is C10H21NO3. The fourth-order valence-corrected chi connectivity index (χ4v) is 0.933. The lowest BCUT2D eigenvalue weighted by Crippen LogP contribution is -2.38. The van der Waals surface area contributed by atoms with Gasteiger partial charge in [0.15, 0.2) is 0 Å². The molecule has 0 N–H and O–H groups in total. The molecule has 0 aliphatic heterocycles. The topological polar surface area (TPSA) is 38.8 Å². The summed E-state index contributed by atoms with van der Waals surface area (Å²) in [5.41, 5.74) is 0. The monoisotopic (exact) mass is 203 g/mol. The number of carbonyl (C=O) groups is 1. The van der Waals surface area contributed by atoms with Crippen molar-refractivity contribution in [3.8, 4) is 0 Å². The first-order valence-electron chi connectivity index (χ1n) is 4.99. The van der Waals surface area contributed by atoms with E-state index in [0.717, 1.165) is 12.8 Å². The summed E-state index contributed by atoms with van der Waals surface area (Å²) in [4.78, 5) is 13.2. The first-order chi connectivity index (χ1) is 6.63. The number of nitrogens with zero attached hydrogens (tertiary/aromatic N) is 1. The Morgan fingerprint density at radius 1 is 1.50 bits per heavy atom. The van der Waals surface area contributed by atoms with Crippen LogP contribution in [0.25, 0.3) is 0 Å². The third-order valence-corrected chi connectivity index (χ3v) is 2.08. The SMILES string of the molecule is CCCCOC(=O)C(C)N(C)COC. The van der Waals surface area contributed by atoms with Crippen LogP contribution in [0.1, 0.15) is 26.7 Å². The number of methoxy groups -OCH3 is 1. The van der Waals surface area contributed by atoms with Crippen LogP contribution in [0.4, 0.5) is 0 Å². The van der Waals surface area contributed by atoms with Crippen LogP contribution in [0, 0.1) is 0 Å². The Kier molecular flexibility index (Phi) is 7.42. The van der Waals surface area contributed by atoms with Crippen molar-refractivity contribution >= 4 is 5.97 Å². The van der Waals surface area contributed by atoms with Gasteiger partial charge in [-0.1, -0.05) is 13.3 Å². The van der Waals surface area contributed by atoms with Crippen molar-refractivity contribution in [2.24, 2.45) is 0 Å². The molecule has 0 radical (unpaired) electrons. The second kappa shape index (κ2) is 7.76. The highest BCUT2D eigenvalue weighted by atomic mass is 16.5. The van der Waals surface area contributed by atoms with Crippen LogP contribution in [-0.2, 0) is 14.3 Å². The van der Waals surface area contributed by atoms with Crippen LogP contribution in [0.15, 0.2) is 0 Å². The van der Waals surface area contributed by atoms with Crippen LogP contribution < -0.4 is 0 Å². The van der Waals surface area contributed by atoms with Crippen LogP contribution in [0.2, 0.25) is 0 Å². The molecule has 0 heterocycles. The average Bonchev–Trinajstić information content (AvgIpc) is 2.17. The largest absolute Gasteiger partial charge is 0.465 e. The highest BCUT2D eigenvalue weighted by Crippen LogP contribution is 1.99. The molecule has 0 fully saturated rings. The fraction of sp³-hybridized carbons (Fsp3) is 0.900. The Labute approximate surface area is 86.2 Å². The van der Waals surface area contributed by atoms with Gasteiger partial charge in [0.2, 0.25) is 0 Å². The van der Waals surface area contributed by atoms with Crippen molar-refractivity contribution < 1.29 is 14.3 Å². The van der Waals surface area contributed by atoms with Crippen LogP contribution in [0.3, 0.4) is 0 Å². The zero-order valence-electron chi connectivity index (χ0n) is 9.58. The number of unbranched alkanes of at least 4 members (excludes halogenated alkanes) is 1. The lowest BCUT2D eigenvalue weighted by molar-refractivity contribution is -0.150. The van der Waals surface area contributed by atoms with Crippen LogP contribution in [-0.4, -0.2) is 44.4 Å². The fourth-order valence-electron chi connectivity index (χ4n) is 0.933. The van der Waals surface area contributed by atoms with Gasteiger partial charge in [0, 0.05) is 7.11 Å². The number of rotatable bonds is 7. The molecule has 0 saturated carbocycles. The molecule has 0 aliphatic rings. The molecule has 0 bridgehead atoms. The van der Waals surface area contributed by atoms with Gasteiger partial charge in [-0.05, 0) is 20.4 Å². The standard InChI is InChI=1S/C10H21NO3/c1-5-6-7-14-10(12)9(2)11(3)8-13-4/h9H,5-8H2,1-4H3. The molecule has 4 nitrogen and oxygen atoms in total. The summed E-state index contributed by atoms with van der Waals surface area (Å²) in [5.74, 6) is -0.182. The second-order valence-electron chi connectivity index (χ2n) is 3.37. The normalized spacial score (nSPS) is 12.9. The summed E-state index contributed by atoms with van der Waals surface area (Å²) in [7, 11) is 3.43. The van der Waals surface area contributed by atoms with Gasteiger partial charge in [0.1, 0.15) is 6.04 Å². The van der Waals surface area contributed by atoms with Gasteiger partial charge in [-0.2, -0.15) is 0 Å². The molecule has 0 rings (SSSR count). The highest BCUT2D eigenvalue weighted by molar-refractivity contribution is 5.75. The molecule has 0 spiro atoms. The van der Waals surface area contributed by atoms with E-state index in [1.54, 1.807) is 12.0 Å². The van der Waals surface area contributed by atoms with E-state index in [1.165, 1.54) is 0 Å². The van der Waals surface area contributed by atoms with Gasteiger partial charge in [0.25, 0.3) is 0 Å². The number of hydrogen-bond donors (Lipinski definition) is 0. The minimum Gasteiger partial charge on any atom is -0.465 e. The van der Waals surface area contributed by atoms with E-state index in [0.29, 0.717) is 13.3 Å². The van der Waals surface area contributed by atoms with E-state index in [1.807, 2.05) is 14.0 Å². The highest BCUT2D eigenvalue weighted by Gasteiger charge is 2.18. The predicted molar refractivity (Wildman–Crippen MR) is 55.0 cm³/mol. The molecule has 4 heteroatoms. The summed E-state index contributed by atoms with van der Waals surface area (Å²) in [6, 6.07) is -0.244. The first kappa shape index (κ1) is 13.4. The lowest BCUT2D eigenvalue weighted by Gasteiger charge is -2.21. The molecule has 1 unspecified atom stereocenters. The van der Waals surface area contributed by atoms with Crippen molar-refractivity contribution in [2.45, 2.75) is 32.7 Å². The molecule has 0 aromatic carbocycles. The Morgan fingerprint density at radius 2 is 2.14 bits per heavy atom. The Balaban J connectivity index is 3.74. The lowest BCUT2D eigenvalue weighted by atomic mass is 10.3. The minimum atomic E-state index is -0.244. The van der Waals surface area contributed by atoms with Crippen molar-refractivity contribution in [2.75, 3.05) is 27.5 Å². The van der Waals surface area contributed by atoms with Gasteiger partial charge >= 0.3 is 5.97 Å². The number of carbonyl (C=O) groups excluding carboxylic acids is 1. The van der Waals surface area contributed by atoms with Crippen molar-refractivity contribution in [3.63, 3.8) is 0 Å². The van der Waals surface area contributed by atoms with E-state index in [-0.39, 0.29) is 12.0 Å². The van der Waals surface area contributed by atoms with E-state index in [4.69, 9.17) is 9.47 Å². The average molecular weight is 203 g/mol. The van der Waals surface area contributed by atoms with Gasteiger partial charge in [-0.15, -0.1) is 0 Å². The first-order valence-corrected chi connectivity index (χ1v) is 4.99. The van der Waals surface area contributed by atoms with Crippen molar-refractivity contribution in [1.29, 1.82) is 0 Å². The second-order valence-corrected chi connectivity index (χ2v) is 3.37. The number of likely N-dealkylation sites (N-methyl/N-ethyl adjacent to an activating group) is 1. The maximum Gasteiger partial charge on any atom is 0.323 e. The summed E-state index contributed by atoms with van der Waals surface area (Å²) in [5, 5.41) is 0. The van der Waals surface area contributed by atoms with E-state index >= 15 is 0 Å². The van der Waals surface area contributed by atoms with E-state index in [2.05, 4.69) is 6.92 Å². The van der Waals surface area contributed by atoms with Crippen molar-refractivity contribution in [3.05, 3.63) is 0 Å². The molecule has 84 valence electrons. The molecule has 1 atom stereocenters. The molecule has 0 aromatic heterocycles. The Bertz CT molecular complexity index is 161. The van der Waals surface area contributed by atoms with Gasteiger partial charge in [0.05, 0.1) is 13.3 Å². The molecular weight excluding hydrogens is 182 g/mol. The summed E-state index contributed by atoms with van der Waals surface area (Å²) in [6.07, 6.45) is 1.96. The minimum absolute atomic E-state index is 0.182. The number of esters is 1. The summed E-state index contributed by atoms with van der Waals surface area (Å²) >= 11 is 0. The van der Waals surface area contributed by atoms with Crippen molar-refractivity contribution in [1.82, 2.24) is 4.90 Å². The number of ether oxygens (including phenoxy) is 2. The maximum absolute atomic E-state index is 11.4. The molecule has 0 saturated heterocycles. The van der Waals surface area contributed by atoms with Crippen LogP contribution in [0.5, 0.6) is 0 Å². The van der Waals surface area contributed by atoms with E-state index in [9.17, 15) is 4.79 Å². The quantitative estimate of drug-likeness (QED) is 0.355. The number of hydrogen-bond acceptors (Lipinski definition) is 4. The maximum atomic E-state index is 11.4. The zero-order valence-corrected chi connectivity index (χ0v) is 9.58. The summed E-state index contributed by atoms with van der Waals surface area (Å²) < 4.78 is 9.99. The van der Waals surface area contributed by atoms with E-state index < -0.39 is 0 Å². The Morgan fingerprint density at radius 3 is 2.64 bits per heavy atom. The van der Waals surface area contributed by atoms with Gasteiger partial charge in [-0.3, -0.25) is 9.69 Å². The Hall–Kier alpha value is -0.610. The smallest absolute Gasteiger partial charge is 0.323 e. The third-order valence-electron chi connectivity index (χ3n) is 2.08. The molecule has 0 aromatic rings. The van der Waals surface area contributed by atoms with Crippen LogP contribution >= 0.6 is 0 Å². The zero-order chi connectivity index (χ0) is 11.0. The van der Waals surface area contributed by atoms with Gasteiger partial charge in [-0.25, -0.2) is 0 Å². The molecule has 0 aliphatic carbocycles. The molecule has 0 amide bonds. The van der Waals surface area contributed by atoms with Gasteiger partial charge < -0.3 is 9.47 Å². The predicted octanol–water partition coefficient (Wildman–Crippen LogP) is 1.25. The third kappa shape index (κ3) is 5.19. The summed E-state index contributed by atoms with van der Waals surface area (Å²) in [6.45, 7) is 4.83. The molecule has 14 heavy (non-hydrogen) atoms.